The second-order valence-electron chi connectivity index (χ2n) is 5.07. The lowest BCUT2D eigenvalue weighted by Gasteiger charge is -2.06. The van der Waals surface area contributed by atoms with Crippen molar-refractivity contribution in [2.24, 2.45) is 0 Å². The third kappa shape index (κ3) is 3.24. The SMILES string of the molecule is COC(=O)/C=C/c1cc(Cl)cc2c(=O)cc(-c3ccccc3)oc12. The minimum Gasteiger partial charge on any atom is -0.466 e. The first-order valence-electron chi connectivity index (χ1n) is 7.17. The smallest absolute Gasteiger partial charge is 0.330 e. The second-order valence-corrected chi connectivity index (χ2v) is 5.51. The zero-order valence-electron chi connectivity index (χ0n) is 12.8. The van der Waals surface area contributed by atoms with E-state index < -0.39 is 5.97 Å². The summed E-state index contributed by atoms with van der Waals surface area (Å²) in [5.74, 6) is -0.0622. The highest BCUT2D eigenvalue weighted by Gasteiger charge is 2.11. The van der Waals surface area contributed by atoms with Crippen molar-refractivity contribution < 1.29 is 13.9 Å². The maximum Gasteiger partial charge on any atom is 0.330 e. The Labute approximate surface area is 142 Å². The van der Waals surface area contributed by atoms with Crippen LogP contribution >= 0.6 is 11.6 Å². The molecule has 1 heterocycles. The number of hydrogen-bond acceptors (Lipinski definition) is 4. The fourth-order valence-corrected chi connectivity index (χ4v) is 2.57. The highest BCUT2D eigenvalue weighted by molar-refractivity contribution is 6.31. The lowest BCUT2D eigenvalue weighted by Crippen LogP contribution is -2.01. The van der Waals surface area contributed by atoms with Crippen LogP contribution in [0.4, 0.5) is 0 Å². The predicted octanol–water partition coefficient (Wildman–Crippen LogP) is 4.30. The zero-order chi connectivity index (χ0) is 17.1. The Morgan fingerprint density at radius 1 is 1.17 bits per heavy atom. The topological polar surface area (TPSA) is 56.5 Å². The molecular weight excluding hydrogens is 328 g/mol. The molecule has 0 bridgehead atoms. The number of fused-ring (bicyclic) bond motifs is 1. The van der Waals surface area contributed by atoms with E-state index in [-0.39, 0.29) is 5.43 Å². The van der Waals surface area contributed by atoms with E-state index in [1.807, 2.05) is 30.3 Å². The van der Waals surface area contributed by atoms with Crippen molar-refractivity contribution in [3.63, 3.8) is 0 Å². The number of benzene rings is 2. The molecule has 0 aliphatic heterocycles. The van der Waals surface area contributed by atoms with E-state index in [0.717, 1.165) is 5.56 Å². The van der Waals surface area contributed by atoms with Crippen molar-refractivity contribution in [3.05, 3.63) is 75.4 Å². The Hall–Kier alpha value is -2.85. The normalized spacial score (nSPS) is 11.1. The summed E-state index contributed by atoms with van der Waals surface area (Å²) in [4.78, 5) is 23.8. The number of carbonyl (C=O) groups is 1. The van der Waals surface area contributed by atoms with Gasteiger partial charge in [0, 0.05) is 28.3 Å². The van der Waals surface area contributed by atoms with Gasteiger partial charge in [0.05, 0.1) is 12.5 Å². The minimum absolute atomic E-state index is 0.203. The molecule has 0 unspecified atom stereocenters. The fraction of sp³-hybridized carbons (Fsp3) is 0.0526. The summed E-state index contributed by atoms with van der Waals surface area (Å²) < 4.78 is 10.5. The van der Waals surface area contributed by atoms with Crippen molar-refractivity contribution in [2.75, 3.05) is 7.11 Å². The van der Waals surface area contributed by atoms with Gasteiger partial charge in [-0.25, -0.2) is 4.79 Å². The van der Waals surface area contributed by atoms with Crippen LogP contribution in [0.15, 0.2) is 63.8 Å². The Morgan fingerprint density at radius 2 is 1.92 bits per heavy atom. The maximum absolute atomic E-state index is 12.4. The van der Waals surface area contributed by atoms with Crippen molar-refractivity contribution in [2.45, 2.75) is 0 Å². The van der Waals surface area contributed by atoms with Gasteiger partial charge in [0.2, 0.25) is 0 Å². The molecule has 120 valence electrons. The van der Waals surface area contributed by atoms with Gasteiger partial charge in [0.25, 0.3) is 0 Å². The van der Waals surface area contributed by atoms with Crippen LogP contribution in [0.25, 0.3) is 28.4 Å². The van der Waals surface area contributed by atoms with Crippen LogP contribution in [-0.4, -0.2) is 13.1 Å². The van der Waals surface area contributed by atoms with Crippen molar-refractivity contribution in [3.8, 4) is 11.3 Å². The molecule has 0 aliphatic carbocycles. The summed E-state index contributed by atoms with van der Waals surface area (Å²) in [6.45, 7) is 0. The summed E-state index contributed by atoms with van der Waals surface area (Å²) in [7, 11) is 1.29. The van der Waals surface area contributed by atoms with Crippen LogP contribution in [0.2, 0.25) is 5.02 Å². The van der Waals surface area contributed by atoms with Gasteiger partial charge < -0.3 is 9.15 Å². The Morgan fingerprint density at radius 3 is 2.62 bits per heavy atom. The first kappa shape index (κ1) is 16.0. The molecule has 2 aromatic carbocycles. The molecular formula is C19H13ClO4. The summed E-state index contributed by atoms with van der Waals surface area (Å²) in [5, 5.41) is 0.735. The van der Waals surface area contributed by atoms with E-state index in [1.165, 1.54) is 25.3 Å². The molecule has 0 atom stereocenters. The van der Waals surface area contributed by atoms with Gasteiger partial charge in [-0.1, -0.05) is 41.9 Å². The first-order chi connectivity index (χ1) is 11.6. The number of rotatable bonds is 3. The van der Waals surface area contributed by atoms with Crippen LogP contribution in [-0.2, 0) is 9.53 Å². The molecule has 24 heavy (non-hydrogen) atoms. The molecule has 5 heteroatoms. The summed E-state index contributed by atoms with van der Waals surface area (Å²) in [5.41, 5.74) is 1.48. The molecule has 0 radical (unpaired) electrons. The molecule has 0 amide bonds. The number of esters is 1. The largest absolute Gasteiger partial charge is 0.466 e. The number of halogens is 1. The maximum atomic E-state index is 12.4. The predicted molar refractivity (Wildman–Crippen MR) is 94.0 cm³/mol. The fourth-order valence-electron chi connectivity index (χ4n) is 2.34. The molecule has 1 aromatic heterocycles. The number of methoxy groups -OCH3 is 1. The first-order valence-corrected chi connectivity index (χ1v) is 7.55. The van der Waals surface area contributed by atoms with Gasteiger partial charge in [-0.05, 0) is 18.2 Å². The summed E-state index contributed by atoms with van der Waals surface area (Å²) >= 11 is 6.07. The summed E-state index contributed by atoms with van der Waals surface area (Å²) in [6, 6.07) is 13.9. The lowest BCUT2D eigenvalue weighted by molar-refractivity contribution is -0.134. The van der Waals surface area contributed by atoms with Crippen LogP contribution < -0.4 is 5.43 Å². The number of hydrogen-bond donors (Lipinski definition) is 0. The van der Waals surface area contributed by atoms with Gasteiger partial charge in [-0.2, -0.15) is 0 Å². The van der Waals surface area contributed by atoms with Crippen molar-refractivity contribution in [1.29, 1.82) is 0 Å². The molecule has 0 fully saturated rings. The van der Waals surface area contributed by atoms with Crippen LogP contribution in [0.3, 0.4) is 0 Å². The summed E-state index contributed by atoms with van der Waals surface area (Å²) in [6.07, 6.45) is 2.76. The van der Waals surface area contributed by atoms with Gasteiger partial charge in [-0.3, -0.25) is 4.79 Å². The average molecular weight is 341 g/mol. The zero-order valence-corrected chi connectivity index (χ0v) is 13.5. The Kier molecular flexibility index (Phi) is 4.49. The molecule has 0 aliphatic rings. The third-order valence-corrected chi connectivity index (χ3v) is 3.70. The third-order valence-electron chi connectivity index (χ3n) is 3.48. The van der Waals surface area contributed by atoms with Crippen LogP contribution in [0, 0.1) is 0 Å². The Balaban J connectivity index is 2.24. The molecule has 0 saturated heterocycles. The van der Waals surface area contributed by atoms with Gasteiger partial charge >= 0.3 is 5.97 Å². The van der Waals surface area contributed by atoms with E-state index in [0.29, 0.717) is 27.3 Å². The van der Waals surface area contributed by atoms with Gasteiger partial charge in [0.15, 0.2) is 5.43 Å². The number of carbonyl (C=O) groups excluding carboxylic acids is 1. The van der Waals surface area contributed by atoms with Crippen LogP contribution in [0.5, 0.6) is 0 Å². The van der Waals surface area contributed by atoms with Crippen molar-refractivity contribution in [1.82, 2.24) is 0 Å². The minimum atomic E-state index is -0.510. The lowest BCUT2D eigenvalue weighted by atomic mass is 10.1. The van der Waals surface area contributed by atoms with E-state index in [1.54, 1.807) is 12.1 Å². The van der Waals surface area contributed by atoms with E-state index in [9.17, 15) is 9.59 Å². The average Bonchev–Trinajstić information content (AvgIpc) is 2.60. The molecule has 0 saturated carbocycles. The second kappa shape index (κ2) is 6.72. The van der Waals surface area contributed by atoms with Gasteiger partial charge in [0.1, 0.15) is 11.3 Å². The standard InChI is InChI=1S/C19H13ClO4/c1-23-18(22)8-7-13-9-14(20)10-15-16(21)11-17(24-19(13)15)12-5-3-2-4-6-12/h2-11H,1H3/b8-7+. The molecule has 4 nitrogen and oxygen atoms in total. The quantitative estimate of drug-likeness (QED) is 0.527. The van der Waals surface area contributed by atoms with E-state index in [2.05, 4.69) is 4.74 Å². The highest BCUT2D eigenvalue weighted by atomic mass is 35.5. The Bertz CT molecular complexity index is 987. The van der Waals surface area contributed by atoms with Gasteiger partial charge in [-0.15, -0.1) is 0 Å². The molecule has 3 aromatic rings. The van der Waals surface area contributed by atoms with Crippen molar-refractivity contribution >= 4 is 34.6 Å². The highest BCUT2D eigenvalue weighted by Crippen LogP contribution is 2.27. The number of ether oxygens (including phenoxy) is 1. The van der Waals surface area contributed by atoms with E-state index in [4.69, 9.17) is 16.0 Å². The molecule has 0 spiro atoms. The van der Waals surface area contributed by atoms with E-state index >= 15 is 0 Å². The monoisotopic (exact) mass is 340 g/mol. The molecule has 3 rings (SSSR count). The van der Waals surface area contributed by atoms with Crippen LogP contribution in [0.1, 0.15) is 5.56 Å². The molecule has 0 N–H and O–H groups in total.